The van der Waals surface area contributed by atoms with Crippen LogP contribution in [-0.4, -0.2) is 43.8 Å². The standard InChI is InChI=1S/C18H24N8S/c1-3-19-15-21-16(20-4-2)26-17(22-15)23-18(27)25(26)12-24-11-7-9-13-8-5-6-10-14(13)24/h5-6,8,10H,3-4,7,9,11-12H2,1-2H3,(H2,19,20,21,22,23,27). The van der Waals surface area contributed by atoms with Crippen LogP contribution in [0.3, 0.4) is 0 Å². The van der Waals surface area contributed by atoms with Gasteiger partial charge in [-0.25, -0.2) is 4.68 Å². The molecule has 0 bridgehead atoms. The van der Waals surface area contributed by atoms with Gasteiger partial charge in [-0.3, -0.25) is 0 Å². The topological polar surface area (TPSA) is 75.3 Å². The van der Waals surface area contributed by atoms with Crippen molar-refractivity contribution in [3.8, 4) is 0 Å². The van der Waals surface area contributed by atoms with Gasteiger partial charge in [0.2, 0.25) is 16.7 Å². The quantitative estimate of drug-likeness (QED) is 0.633. The molecule has 4 rings (SSSR count). The molecule has 2 N–H and O–H groups in total. The number of anilines is 3. The molecule has 0 saturated heterocycles. The summed E-state index contributed by atoms with van der Waals surface area (Å²) >= 11 is 5.56. The van der Waals surface area contributed by atoms with Gasteiger partial charge in [-0.05, 0) is 50.5 Å². The average molecular weight is 385 g/mol. The van der Waals surface area contributed by atoms with Gasteiger partial charge in [0.25, 0.3) is 5.78 Å². The van der Waals surface area contributed by atoms with E-state index in [1.54, 1.807) is 0 Å². The molecule has 0 unspecified atom stereocenters. The molecule has 0 fully saturated rings. The molecule has 1 aromatic carbocycles. The molecular weight excluding hydrogens is 360 g/mol. The van der Waals surface area contributed by atoms with Crippen LogP contribution >= 0.6 is 12.2 Å². The first-order valence-electron chi connectivity index (χ1n) is 9.39. The predicted octanol–water partition coefficient (Wildman–Crippen LogP) is 2.93. The molecule has 8 nitrogen and oxygen atoms in total. The maximum atomic E-state index is 5.56. The molecule has 0 saturated carbocycles. The number of benzene rings is 1. The van der Waals surface area contributed by atoms with E-state index >= 15 is 0 Å². The molecule has 3 heterocycles. The van der Waals surface area contributed by atoms with Crippen LogP contribution in [0.1, 0.15) is 25.8 Å². The summed E-state index contributed by atoms with van der Waals surface area (Å²) in [4.78, 5) is 16.0. The number of para-hydroxylation sites is 1. The Morgan fingerprint density at radius 2 is 1.89 bits per heavy atom. The lowest BCUT2D eigenvalue weighted by Gasteiger charge is -2.31. The van der Waals surface area contributed by atoms with Crippen LogP contribution in [0.5, 0.6) is 0 Å². The molecule has 1 aliphatic heterocycles. The first-order chi connectivity index (χ1) is 13.2. The van der Waals surface area contributed by atoms with Gasteiger partial charge in [-0.2, -0.15) is 19.5 Å². The van der Waals surface area contributed by atoms with Crippen molar-refractivity contribution in [1.29, 1.82) is 0 Å². The number of nitrogens with one attached hydrogen (secondary N) is 2. The Hall–Kier alpha value is -2.68. The van der Waals surface area contributed by atoms with Crippen molar-refractivity contribution in [1.82, 2.24) is 24.1 Å². The van der Waals surface area contributed by atoms with E-state index in [0.29, 0.717) is 29.1 Å². The van der Waals surface area contributed by atoms with Crippen LogP contribution in [-0.2, 0) is 13.1 Å². The number of nitrogens with zero attached hydrogens (tertiary/aromatic N) is 6. The lowest BCUT2D eigenvalue weighted by Crippen LogP contribution is -2.33. The Kier molecular flexibility index (Phi) is 4.93. The zero-order valence-electron chi connectivity index (χ0n) is 15.6. The van der Waals surface area contributed by atoms with E-state index in [-0.39, 0.29) is 0 Å². The summed E-state index contributed by atoms with van der Waals surface area (Å²) in [5.74, 6) is 1.79. The third-order valence-electron chi connectivity index (χ3n) is 4.65. The number of fused-ring (bicyclic) bond motifs is 2. The van der Waals surface area contributed by atoms with E-state index in [4.69, 9.17) is 12.2 Å². The fourth-order valence-corrected chi connectivity index (χ4v) is 3.71. The number of rotatable bonds is 6. The maximum Gasteiger partial charge on any atom is 0.258 e. The van der Waals surface area contributed by atoms with Gasteiger partial charge in [-0.15, -0.1) is 0 Å². The third kappa shape index (κ3) is 3.34. The highest BCUT2D eigenvalue weighted by Crippen LogP contribution is 2.27. The van der Waals surface area contributed by atoms with E-state index in [9.17, 15) is 0 Å². The lowest BCUT2D eigenvalue weighted by molar-refractivity contribution is 0.522. The number of aryl methyl sites for hydroxylation is 1. The van der Waals surface area contributed by atoms with Crippen molar-refractivity contribution in [2.75, 3.05) is 35.2 Å². The van der Waals surface area contributed by atoms with Crippen molar-refractivity contribution in [2.45, 2.75) is 33.4 Å². The van der Waals surface area contributed by atoms with Gasteiger partial charge in [0.1, 0.15) is 6.67 Å². The van der Waals surface area contributed by atoms with Crippen LogP contribution in [0, 0.1) is 4.77 Å². The van der Waals surface area contributed by atoms with Gasteiger partial charge in [0, 0.05) is 25.3 Å². The second-order valence-corrected chi connectivity index (χ2v) is 6.84. The zero-order valence-corrected chi connectivity index (χ0v) is 16.5. The summed E-state index contributed by atoms with van der Waals surface area (Å²) in [6.07, 6.45) is 2.24. The first-order valence-corrected chi connectivity index (χ1v) is 9.80. The molecule has 142 valence electrons. The van der Waals surface area contributed by atoms with E-state index in [1.807, 2.05) is 23.0 Å². The molecule has 27 heavy (non-hydrogen) atoms. The molecule has 1 aliphatic rings. The number of aromatic nitrogens is 5. The lowest BCUT2D eigenvalue weighted by atomic mass is 10.0. The average Bonchev–Trinajstić information content (AvgIpc) is 2.98. The van der Waals surface area contributed by atoms with E-state index < -0.39 is 0 Å². The van der Waals surface area contributed by atoms with Crippen LogP contribution in [0.25, 0.3) is 5.78 Å². The van der Waals surface area contributed by atoms with Crippen LogP contribution < -0.4 is 15.5 Å². The van der Waals surface area contributed by atoms with Crippen LogP contribution in [0.4, 0.5) is 17.6 Å². The highest BCUT2D eigenvalue weighted by Gasteiger charge is 2.20. The van der Waals surface area contributed by atoms with Gasteiger partial charge in [0.15, 0.2) is 0 Å². The van der Waals surface area contributed by atoms with Crippen molar-refractivity contribution in [3.63, 3.8) is 0 Å². The van der Waals surface area contributed by atoms with Gasteiger partial charge >= 0.3 is 0 Å². The molecule has 0 aliphatic carbocycles. The summed E-state index contributed by atoms with van der Waals surface area (Å²) in [6.45, 7) is 7.14. The SMILES string of the molecule is CCNc1nc(NCC)n2c(n1)nc(=S)n2CN1CCCc2ccccc21. The van der Waals surface area contributed by atoms with Crippen molar-refractivity contribution in [3.05, 3.63) is 34.6 Å². The molecule has 0 amide bonds. The summed E-state index contributed by atoms with van der Waals surface area (Å²) in [7, 11) is 0. The number of hydrogen-bond donors (Lipinski definition) is 2. The summed E-state index contributed by atoms with van der Waals surface area (Å²) < 4.78 is 4.34. The molecule has 9 heteroatoms. The Morgan fingerprint density at radius 3 is 2.70 bits per heavy atom. The monoisotopic (exact) mass is 384 g/mol. The summed E-state index contributed by atoms with van der Waals surface area (Å²) in [5.41, 5.74) is 2.64. The second-order valence-electron chi connectivity index (χ2n) is 6.47. The minimum Gasteiger partial charge on any atom is -0.354 e. The Bertz CT molecular complexity index is 1010. The number of hydrogen-bond acceptors (Lipinski definition) is 7. The summed E-state index contributed by atoms with van der Waals surface area (Å²) in [5, 5.41) is 6.46. The first kappa shape index (κ1) is 17.7. The minimum atomic E-state index is 0.500. The minimum absolute atomic E-state index is 0.500. The van der Waals surface area contributed by atoms with Gasteiger partial charge < -0.3 is 15.5 Å². The van der Waals surface area contributed by atoms with E-state index in [0.717, 1.165) is 32.5 Å². The van der Waals surface area contributed by atoms with Crippen LogP contribution in [0.15, 0.2) is 24.3 Å². The fraction of sp³-hybridized carbons (Fsp3) is 0.444. The summed E-state index contributed by atoms with van der Waals surface area (Å²) in [6, 6.07) is 8.56. The highest BCUT2D eigenvalue weighted by atomic mass is 32.1. The molecule has 3 aromatic rings. The van der Waals surface area contributed by atoms with Gasteiger partial charge in [0.05, 0.1) is 0 Å². The predicted molar refractivity (Wildman–Crippen MR) is 110 cm³/mol. The molecule has 0 radical (unpaired) electrons. The molecule has 0 atom stereocenters. The Balaban J connectivity index is 1.78. The fourth-order valence-electron chi connectivity index (χ4n) is 3.49. The normalized spacial score (nSPS) is 13.6. The van der Waals surface area contributed by atoms with E-state index in [1.165, 1.54) is 11.3 Å². The Morgan fingerprint density at radius 1 is 1.07 bits per heavy atom. The Labute approximate surface area is 163 Å². The highest BCUT2D eigenvalue weighted by molar-refractivity contribution is 7.71. The van der Waals surface area contributed by atoms with Gasteiger partial charge in [-0.1, -0.05) is 18.2 Å². The largest absolute Gasteiger partial charge is 0.354 e. The second kappa shape index (κ2) is 7.51. The van der Waals surface area contributed by atoms with E-state index in [2.05, 4.69) is 54.8 Å². The third-order valence-corrected chi connectivity index (χ3v) is 4.95. The van der Waals surface area contributed by atoms with Crippen molar-refractivity contribution in [2.24, 2.45) is 0 Å². The molecular formula is C18H24N8S. The van der Waals surface area contributed by atoms with Crippen LogP contribution in [0.2, 0.25) is 0 Å². The maximum absolute atomic E-state index is 5.56. The smallest absolute Gasteiger partial charge is 0.258 e. The zero-order chi connectivity index (χ0) is 18.8. The molecule has 2 aromatic heterocycles. The van der Waals surface area contributed by atoms with Crippen molar-refractivity contribution < 1.29 is 0 Å². The van der Waals surface area contributed by atoms with Crippen molar-refractivity contribution >= 4 is 35.6 Å². The molecule has 0 spiro atoms.